The molecule has 0 aliphatic heterocycles. The zero-order chi connectivity index (χ0) is 15.9. The second kappa shape index (κ2) is 7.75. The molecule has 0 bridgehead atoms. The lowest BCUT2D eigenvalue weighted by Crippen LogP contribution is -2.26. The number of nitrogens with zero attached hydrogens (tertiary/aromatic N) is 1. The molecule has 4 nitrogen and oxygen atoms in total. The fourth-order valence-corrected chi connectivity index (χ4v) is 2.06. The number of benzene rings is 2. The molecule has 2 N–H and O–H groups in total. The van der Waals surface area contributed by atoms with Crippen LogP contribution in [0.1, 0.15) is 18.1 Å². The van der Waals surface area contributed by atoms with Gasteiger partial charge in [-0.3, -0.25) is 4.79 Å². The first kappa shape index (κ1) is 16.2. The van der Waals surface area contributed by atoms with Crippen LogP contribution in [0, 0.1) is 6.92 Å². The van der Waals surface area contributed by atoms with Gasteiger partial charge in [0.2, 0.25) is 0 Å². The molecule has 0 aromatic heterocycles. The van der Waals surface area contributed by atoms with E-state index in [0.717, 1.165) is 21.4 Å². The maximum absolute atomic E-state index is 11.8. The lowest BCUT2D eigenvalue weighted by atomic mass is 10.1. The monoisotopic (exact) mass is 359 g/mol. The number of nitrogens with one attached hydrogen (secondary N) is 2. The summed E-state index contributed by atoms with van der Waals surface area (Å²) < 4.78 is 1.00. The minimum absolute atomic E-state index is 0.173. The van der Waals surface area contributed by atoms with Crippen LogP contribution in [0.15, 0.2) is 58.1 Å². The first-order chi connectivity index (χ1) is 10.5. The summed E-state index contributed by atoms with van der Waals surface area (Å²) in [7, 11) is 0. The van der Waals surface area contributed by atoms with E-state index < -0.39 is 0 Å². The minimum atomic E-state index is -0.186. The summed E-state index contributed by atoms with van der Waals surface area (Å²) >= 11 is 3.37. The number of halogens is 1. The molecule has 2 aromatic carbocycles. The Morgan fingerprint density at radius 3 is 2.36 bits per heavy atom. The Balaban J connectivity index is 1.85. The molecule has 0 saturated heterocycles. The highest BCUT2D eigenvalue weighted by atomic mass is 79.9. The third-order valence-corrected chi connectivity index (χ3v) is 3.64. The number of hydrazone groups is 1. The zero-order valence-corrected chi connectivity index (χ0v) is 14.1. The summed E-state index contributed by atoms with van der Waals surface area (Å²) in [4.78, 5) is 11.8. The van der Waals surface area contributed by atoms with Crippen LogP contribution < -0.4 is 10.7 Å². The fraction of sp³-hybridized carbons (Fsp3) is 0.176. The second-order valence-electron chi connectivity index (χ2n) is 4.96. The van der Waals surface area contributed by atoms with Gasteiger partial charge in [0.25, 0.3) is 5.91 Å². The van der Waals surface area contributed by atoms with E-state index in [0.29, 0.717) is 0 Å². The van der Waals surface area contributed by atoms with Crippen LogP contribution in [0.2, 0.25) is 0 Å². The van der Waals surface area contributed by atoms with Gasteiger partial charge < -0.3 is 5.32 Å². The predicted octanol–water partition coefficient (Wildman–Crippen LogP) is 3.71. The summed E-state index contributed by atoms with van der Waals surface area (Å²) in [6, 6.07) is 15.6. The van der Waals surface area contributed by atoms with Crippen molar-refractivity contribution < 1.29 is 4.79 Å². The van der Waals surface area contributed by atoms with Gasteiger partial charge in [-0.25, -0.2) is 5.43 Å². The Kier molecular flexibility index (Phi) is 5.72. The molecule has 0 aliphatic rings. The predicted molar refractivity (Wildman–Crippen MR) is 94.2 cm³/mol. The molecule has 2 rings (SSSR count). The Morgan fingerprint density at radius 1 is 1.09 bits per heavy atom. The molecule has 114 valence electrons. The molecule has 5 heteroatoms. The maximum Gasteiger partial charge on any atom is 0.259 e. The number of hydrogen-bond acceptors (Lipinski definition) is 3. The number of carbonyl (C=O) groups excluding carboxylic acids is 1. The highest BCUT2D eigenvalue weighted by Crippen LogP contribution is 2.13. The van der Waals surface area contributed by atoms with E-state index in [-0.39, 0.29) is 12.5 Å². The van der Waals surface area contributed by atoms with Crippen molar-refractivity contribution in [2.24, 2.45) is 5.10 Å². The van der Waals surface area contributed by atoms with Crippen molar-refractivity contribution in [2.45, 2.75) is 13.8 Å². The topological polar surface area (TPSA) is 53.5 Å². The quantitative estimate of drug-likeness (QED) is 0.631. The number of amides is 1. The molecule has 0 heterocycles. The van der Waals surface area contributed by atoms with Crippen LogP contribution in [0.5, 0.6) is 0 Å². The van der Waals surface area contributed by atoms with Gasteiger partial charge >= 0.3 is 0 Å². The smallest absolute Gasteiger partial charge is 0.259 e. The standard InChI is InChI=1S/C17H18BrN3O/c1-12-3-5-14(6-4-12)13(2)20-21-17(22)11-19-16-9-7-15(18)8-10-16/h3-10,19H,11H2,1-2H3,(H,21,22)/b20-13-. The van der Waals surface area contributed by atoms with E-state index in [1.54, 1.807) is 0 Å². The van der Waals surface area contributed by atoms with Gasteiger partial charge in [-0.2, -0.15) is 5.10 Å². The lowest BCUT2D eigenvalue weighted by Gasteiger charge is -2.06. The van der Waals surface area contributed by atoms with Crippen LogP contribution in [0.3, 0.4) is 0 Å². The molecule has 0 radical (unpaired) electrons. The summed E-state index contributed by atoms with van der Waals surface area (Å²) in [5, 5.41) is 7.16. The van der Waals surface area contributed by atoms with Crippen molar-refractivity contribution in [3.8, 4) is 0 Å². The van der Waals surface area contributed by atoms with E-state index in [1.807, 2.05) is 62.4 Å². The number of carbonyl (C=O) groups is 1. The molecule has 22 heavy (non-hydrogen) atoms. The molecular weight excluding hydrogens is 342 g/mol. The summed E-state index contributed by atoms with van der Waals surface area (Å²) in [6.07, 6.45) is 0. The average molecular weight is 360 g/mol. The lowest BCUT2D eigenvalue weighted by molar-refractivity contribution is -0.119. The van der Waals surface area contributed by atoms with Crippen LogP contribution in [0.25, 0.3) is 0 Å². The van der Waals surface area contributed by atoms with E-state index in [2.05, 4.69) is 31.8 Å². The SMILES string of the molecule is C/C(=N/NC(=O)CNc1ccc(Br)cc1)c1ccc(C)cc1. The number of rotatable bonds is 5. The normalized spacial score (nSPS) is 11.1. The molecule has 0 fully saturated rings. The first-order valence-electron chi connectivity index (χ1n) is 6.94. The fourth-order valence-electron chi connectivity index (χ4n) is 1.80. The Morgan fingerprint density at radius 2 is 1.73 bits per heavy atom. The van der Waals surface area contributed by atoms with Crippen molar-refractivity contribution in [3.05, 3.63) is 64.1 Å². The number of aryl methyl sites for hydroxylation is 1. The highest BCUT2D eigenvalue weighted by Gasteiger charge is 2.01. The third-order valence-electron chi connectivity index (χ3n) is 3.11. The molecule has 0 saturated carbocycles. The molecule has 0 aliphatic carbocycles. The largest absolute Gasteiger partial charge is 0.376 e. The molecule has 0 atom stereocenters. The first-order valence-corrected chi connectivity index (χ1v) is 7.73. The summed E-state index contributed by atoms with van der Waals surface area (Å²) in [6.45, 7) is 4.07. The maximum atomic E-state index is 11.8. The Bertz CT molecular complexity index is 663. The van der Waals surface area contributed by atoms with E-state index >= 15 is 0 Å². The summed E-state index contributed by atoms with van der Waals surface area (Å²) in [5.74, 6) is -0.186. The third kappa shape index (κ3) is 5.00. The average Bonchev–Trinajstić information content (AvgIpc) is 2.52. The Labute approximate surface area is 138 Å². The zero-order valence-electron chi connectivity index (χ0n) is 12.6. The van der Waals surface area contributed by atoms with Crippen LogP contribution in [-0.4, -0.2) is 18.2 Å². The van der Waals surface area contributed by atoms with Gasteiger partial charge in [-0.05, 0) is 43.7 Å². The van der Waals surface area contributed by atoms with Crippen molar-refractivity contribution in [3.63, 3.8) is 0 Å². The van der Waals surface area contributed by atoms with Crippen LogP contribution in [-0.2, 0) is 4.79 Å². The van der Waals surface area contributed by atoms with Crippen molar-refractivity contribution in [2.75, 3.05) is 11.9 Å². The van der Waals surface area contributed by atoms with Gasteiger partial charge in [0, 0.05) is 10.2 Å². The number of anilines is 1. The minimum Gasteiger partial charge on any atom is -0.376 e. The van der Waals surface area contributed by atoms with Crippen molar-refractivity contribution >= 4 is 33.2 Å². The van der Waals surface area contributed by atoms with E-state index in [4.69, 9.17) is 0 Å². The van der Waals surface area contributed by atoms with Gasteiger partial charge in [0.05, 0.1) is 12.3 Å². The molecule has 0 unspecified atom stereocenters. The molecule has 0 spiro atoms. The van der Waals surface area contributed by atoms with E-state index in [1.165, 1.54) is 5.56 Å². The van der Waals surface area contributed by atoms with Gasteiger partial charge in [-0.1, -0.05) is 45.8 Å². The molecule has 1 amide bonds. The second-order valence-corrected chi connectivity index (χ2v) is 5.87. The van der Waals surface area contributed by atoms with Gasteiger partial charge in [-0.15, -0.1) is 0 Å². The van der Waals surface area contributed by atoms with Gasteiger partial charge in [0.1, 0.15) is 0 Å². The summed E-state index contributed by atoms with van der Waals surface area (Å²) in [5.41, 5.74) is 6.40. The number of hydrogen-bond donors (Lipinski definition) is 2. The molecular formula is C17H18BrN3O. The van der Waals surface area contributed by atoms with Crippen LogP contribution >= 0.6 is 15.9 Å². The van der Waals surface area contributed by atoms with Crippen LogP contribution in [0.4, 0.5) is 5.69 Å². The van der Waals surface area contributed by atoms with Gasteiger partial charge in [0.15, 0.2) is 0 Å². The van der Waals surface area contributed by atoms with Crippen molar-refractivity contribution in [1.82, 2.24) is 5.43 Å². The van der Waals surface area contributed by atoms with E-state index in [9.17, 15) is 4.79 Å². The van der Waals surface area contributed by atoms with Crippen molar-refractivity contribution in [1.29, 1.82) is 0 Å². The molecule has 2 aromatic rings. The highest BCUT2D eigenvalue weighted by molar-refractivity contribution is 9.10. The Hall–Kier alpha value is -2.14.